The molecule has 3 aromatic rings. The molecule has 0 spiro atoms. The highest BCUT2D eigenvalue weighted by Crippen LogP contribution is 2.24. The van der Waals surface area contributed by atoms with Crippen molar-refractivity contribution < 1.29 is 23.9 Å². The lowest BCUT2D eigenvalue weighted by molar-refractivity contribution is 0.0600. The second kappa shape index (κ2) is 11.8. The SMILES string of the molecule is COC(=O)c1ccc(OCc2conc2-c2ccc(Cl)cc2)nc1.NCCCO. The molecule has 2 aromatic heterocycles. The van der Waals surface area contributed by atoms with Gasteiger partial charge in [-0.05, 0) is 31.2 Å². The van der Waals surface area contributed by atoms with Crippen molar-refractivity contribution in [2.24, 2.45) is 5.73 Å². The lowest BCUT2D eigenvalue weighted by atomic mass is 10.1. The lowest BCUT2D eigenvalue weighted by Gasteiger charge is -2.06. The Hall–Kier alpha value is -2.94. The summed E-state index contributed by atoms with van der Waals surface area (Å²) in [4.78, 5) is 15.4. The molecule has 3 rings (SSSR count). The average molecular weight is 420 g/mol. The first kappa shape index (κ1) is 22.4. The highest BCUT2D eigenvalue weighted by Gasteiger charge is 2.12. The molecule has 0 saturated carbocycles. The van der Waals surface area contributed by atoms with E-state index < -0.39 is 5.97 Å². The van der Waals surface area contributed by atoms with Crippen molar-refractivity contribution in [3.63, 3.8) is 0 Å². The second-order valence-corrected chi connectivity index (χ2v) is 6.16. The summed E-state index contributed by atoms with van der Waals surface area (Å²) in [6.45, 7) is 1.04. The first-order valence-corrected chi connectivity index (χ1v) is 9.14. The lowest BCUT2D eigenvalue weighted by Crippen LogP contribution is -2.03. The van der Waals surface area contributed by atoms with Gasteiger partial charge in [0, 0.05) is 29.5 Å². The molecule has 0 radical (unpaired) electrons. The van der Waals surface area contributed by atoms with Gasteiger partial charge in [-0.1, -0.05) is 28.9 Å². The van der Waals surface area contributed by atoms with Crippen LogP contribution in [0, 0.1) is 0 Å². The molecule has 0 amide bonds. The van der Waals surface area contributed by atoms with Gasteiger partial charge in [0.2, 0.25) is 5.88 Å². The van der Waals surface area contributed by atoms with Crippen molar-refractivity contribution in [1.29, 1.82) is 0 Å². The summed E-state index contributed by atoms with van der Waals surface area (Å²) in [6, 6.07) is 10.5. The van der Waals surface area contributed by atoms with Crippen LogP contribution in [-0.2, 0) is 11.3 Å². The summed E-state index contributed by atoms with van der Waals surface area (Å²) in [5.41, 5.74) is 7.67. The minimum atomic E-state index is -0.446. The Morgan fingerprint density at radius 1 is 1.24 bits per heavy atom. The van der Waals surface area contributed by atoms with Gasteiger partial charge in [-0.15, -0.1) is 0 Å². The number of carbonyl (C=O) groups is 1. The number of benzene rings is 1. The fourth-order valence-corrected chi connectivity index (χ4v) is 2.28. The van der Waals surface area contributed by atoms with Gasteiger partial charge in [-0.2, -0.15) is 0 Å². The van der Waals surface area contributed by atoms with E-state index >= 15 is 0 Å². The minimum Gasteiger partial charge on any atom is -0.473 e. The quantitative estimate of drug-likeness (QED) is 0.560. The molecule has 0 saturated heterocycles. The van der Waals surface area contributed by atoms with Gasteiger partial charge in [-0.3, -0.25) is 0 Å². The van der Waals surface area contributed by atoms with E-state index in [1.807, 2.05) is 12.1 Å². The Morgan fingerprint density at radius 2 is 2.00 bits per heavy atom. The molecular formula is C20H22ClN3O5. The number of nitrogens with two attached hydrogens (primary N) is 1. The number of ether oxygens (including phenoxy) is 2. The largest absolute Gasteiger partial charge is 0.473 e. The van der Waals surface area contributed by atoms with Crippen LogP contribution in [0.4, 0.5) is 0 Å². The van der Waals surface area contributed by atoms with Crippen LogP contribution in [0.1, 0.15) is 22.3 Å². The van der Waals surface area contributed by atoms with Crippen molar-refractivity contribution in [2.75, 3.05) is 20.3 Å². The highest BCUT2D eigenvalue weighted by atomic mass is 35.5. The van der Waals surface area contributed by atoms with Crippen molar-refractivity contribution in [3.05, 3.63) is 65.0 Å². The first-order valence-electron chi connectivity index (χ1n) is 8.76. The number of carbonyl (C=O) groups excluding carboxylic acids is 1. The third-order valence-electron chi connectivity index (χ3n) is 3.66. The molecule has 0 aliphatic rings. The molecule has 0 unspecified atom stereocenters. The van der Waals surface area contributed by atoms with Crippen molar-refractivity contribution in [3.8, 4) is 17.1 Å². The van der Waals surface area contributed by atoms with Gasteiger partial charge in [0.15, 0.2) is 0 Å². The van der Waals surface area contributed by atoms with Crippen LogP contribution in [0.3, 0.4) is 0 Å². The summed E-state index contributed by atoms with van der Waals surface area (Å²) < 4.78 is 15.3. The predicted molar refractivity (Wildman–Crippen MR) is 108 cm³/mol. The number of hydrogen-bond donors (Lipinski definition) is 2. The zero-order valence-electron chi connectivity index (χ0n) is 15.9. The van der Waals surface area contributed by atoms with Crippen LogP contribution in [0.25, 0.3) is 11.3 Å². The van der Waals surface area contributed by atoms with E-state index in [2.05, 4.69) is 14.9 Å². The van der Waals surface area contributed by atoms with E-state index in [1.165, 1.54) is 19.6 Å². The topological polar surface area (TPSA) is 121 Å². The molecule has 9 heteroatoms. The van der Waals surface area contributed by atoms with Crippen molar-refractivity contribution in [1.82, 2.24) is 10.1 Å². The number of aliphatic hydroxyl groups is 1. The van der Waals surface area contributed by atoms with E-state index in [0.717, 1.165) is 17.5 Å². The third-order valence-corrected chi connectivity index (χ3v) is 3.91. The highest BCUT2D eigenvalue weighted by molar-refractivity contribution is 6.30. The van der Waals surface area contributed by atoms with E-state index in [1.54, 1.807) is 24.3 Å². The summed E-state index contributed by atoms with van der Waals surface area (Å²) in [5, 5.41) is 12.6. The van der Waals surface area contributed by atoms with Crippen LogP contribution >= 0.6 is 11.6 Å². The van der Waals surface area contributed by atoms with Crippen LogP contribution in [0.15, 0.2) is 53.4 Å². The molecule has 0 aliphatic heterocycles. The maximum atomic E-state index is 11.4. The zero-order chi connectivity index (χ0) is 21.1. The molecule has 0 atom stereocenters. The first-order chi connectivity index (χ1) is 14.1. The zero-order valence-corrected chi connectivity index (χ0v) is 16.6. The van der Waals surface area contributed by atoms with Crippen molar-refractivity contribution in [2.45, 2.75) is 13.0 Å². The number of nitrogens with zero attached hydrogens (tertiary/aromatic N) is 2. The monoisotopic (exact) mass is 419 g/mol. The number of aromatic nitrogens is 2. The number of hydrogen-bond acceptors (Lipinski definition) is 8. The Morgan fingerprint density at radius 3 is 2.55 bits per heavy atom. The molecule has 8 nitrogen and oxygen atoms in total. The molecule has 0 fully saturated rings. The van der Waals surface area contributed by atoms with E-state index in [0.29, 0.717) is 28.7 Å². The van der Waals surface area contributed by atoms with Crippen LogP contribution in [0.2, 0.25) is 5.02 Å². The standard InChI is InChI=1S/C17H13ClN2O4.C3H9NO/c1-22-17(21)12-4-7-15(19-8-12)23-9-13-10-24-20-16(13)11-2-5-14(18)6-3-11;4-2-1-3-5/h2-8,10H,9H2,1H3;5H,1-4H2. The number of rotatable bonds is 7. The van der Waals surface area contributed by atoms with E-state index in [4.69, 9.17) is 31.7 Å². The summed E-state index contributed by atoms with van der Waals surface area (Å²) >= 11 is 5.89. The number of esters is 1. The number of methoxy groups -OCH3 is 1. The summed E-state index contributed by atoms with van der Waals surface area (Å²) in [5.74, 6) is -0.0657. The predicted octanol–water partition coefficient (Wildman–Crippen LogP) is 3.08. The Labute approximate surface area is 173 Å². The van der Waals surface area contributed by atoms with E-state index in [9.17, 15) is 4.79 Å². The minimum absolute atomic E-state index is 0.219. The molecule has 2 heterocycles. The van der Waals surface area contributed by atoms with Gasteiger partial charge in [0.25, 0.3) is 0 Å². The Balaban J connectivity index is 0.000000537. The molecule has 29 heavy (non-hydrogen) atoms. The molecule has 1 aromatic carbocycles. The van der Waals surface area contributed by atoms with Crippen LogP contribution < -0.4 is 10.5 Å². The summed E-state index contributed by atoms with van der Waals surface area (Å²) in [7, 11) is 1.32. The second-order valence-electron chi connectivity index (χ2n) is 5.73. The maximum absolute atomic E-state index is 11.4. The average Bonchev–Trinajstić information content (AvgIpc) is 3.22. The number of halogens is 1. The number of aliphatic hydroxyl groups excluding tert-OH is 1. The van der Waals surface area contributed by atoms with Gasteiger partial charge in [0.05, 0.1) is 18.2 Å². The fraction of sp³-hybridized carbons (Fsp3) is 0.250. The Kier molecular flexibility index (Phi) is 9.10. The van der Waals surface area contributed by atoms with Crippen LogP contribution in [-0.4, -0.2) is 41.5 Å². The summed E-state index contributed by atoms with van der Waals surface area (Å²) in [6.07, 6.45) is 3.64. The Bertz CT molecular complexity index is 880. The fourth-order valence-electron chi connectivity index (χ4n) is 2.15. The van der Waals surface area contributed by atoms with Gasteiger partial charge < -0.3 is 24.8 Å². The normalized spacial score (nSPS) is 10.1. The molecule has 154 valence electrons. The molecule has 3 N–H and O–H groups in total. The van der Waals surface area contributed by atoms with Gasteiger partial charge in [-0.25, -0.2) is 9.78 Å². The smallest absolute Gasteiger partial charge is 0.339 e. The van der Waals surface area contributed by atoms with Gasteiger partial charge in [0.1, 0.15) is 18.6 Å². The maximum Gasteiger partial charge on any atom is 0.339 e. The van der Waals surface area contributed by atoms with Gasteiger partial charge >= 0.3 is 5.97 Å². The molecular weight excluding hydrogens is 398 g/mol. The van der Waals surface area contributed by atoms with E-state index in [-0.39, 0.29) is 13.2 Å². The molecule has 0 aliphatic carbocycles. The third kappa shape index (κ3) is 6.86. The molecule has 0 bridgehead atoms. The van der Waals surface area contributed by atoms with Crippen molar-refractivity contribution >= 4 is 17.6 Å². The van der Waals surface area contributed by atoms with Crippen LogP contribution in [0.5, 0.6) is 5.88 Å². The number of pyridine rings is 1.